The number of likely N-dealkylation sites (tertiary alicyclic amines) is 1. The van der Waals surface area contributed by atoms with Crippen LogP contribution in [0.1, 0.15) is 39.9 Å². The van der Waals surface area contributed by atoms with Crippen LogP contribution in [0, 0.1) is 0 Å². The number of aliphatic hydroxyl groups excluding tert-OH is 1. The fourth-order valence-corrected chi connectivity index (χ4v) is 3.40. The number of carbonyl (C=O) groups excluding carboxylic acids is 2. The minimum absolute atomic E-state index is 0.0500. The van der Waals surface area contributed by atoms with Crippen LogP contribution in [0.15, 0.2) is 42.5 Å². The smallest absolute Gasteiger partial charge is 0.393 e. The molecule has 0 saturated carbocycles. The quantitative estimate of drug-likeness (QED) is 0.642. The van der Waals surface area contributed by atoms with E-state index in [-0.39, 0.29) is 24.1 Å². The zero-order valence-electron chi connectivity index (χ0n) is 17.1. The minimum atomic E-state index is -5.06. The molecule has 2 N–H and O–H groups in total. The summed E-state index contributed by atoms with van der Waals surface area (Å²) in [4.78, 5) is 26.3. The molecule has 0 atom stereocenters. The Bertz CT molecular complexity index is 978. The van der Waals surface area contributed by atoms with E-state index in [1.807, 2.05) is 0 Å². The van der Waals surface area contributed by atoms with Crippen molar-refractivity contribution in [1.29, 1.82) is 0 Å². The van der Waals surface area contributed by atoms with E-state index in [9.17, 15) is 41.0 Å². The summed E-state index contributed by atoms with van der Waals surface area (Å²) < 4.78 is 77.9. The number of piperidine rings is 1. The average molecular weight is 474 g/mol. The van der Waals surface area contributed by atoms with Gasteiger partial charge in [-0.3, -0.25) is 9.59 Å². The molecule has 178 valence electrons. The first kappa shape index (κ1) is 24.6. The zero-order chi connectivity index (χ0) is 24.4. The second-order valence-corrected chi connectivity index (χ2v) is 7.73. The number of alkyl halides is 6. The van der Waals surface area contributed by atoms with Crippen LogP contribution in [0.5, 0.6) is 0 Å². The molecule has 33 heavy (non-hydrogen) atoms. The molecule has 2 aromatic rings. The summed E-state index contributed by atoms with van der Waals surface area (Å²) in [7, 11) is 0. The van der Waals surface area contributed by atoms with E-state index >= 15 is 0 Å². The summed E-state index contributed by atoms with van der Waals surface area (Å²) in [5.74, 6) is -1.27. The van der Waals surface area contributed by atoms with E-state index in [4.69, 9.17) is 0 Å². The average Bonchev–Trinajstić information content (AvgIpc) is 2.74. The van der Waals surface area contributed by atoms with Crippen molar-refractivity contribution in [1.82, 2.24) is 4.90 Å². The van der Waals surface area contributed by atoms with Crippen LogP contribution in [-0.2, 0) is 23.6 Å². The van der Waals surface area contributed by atoms with Gasteiger partial charge in [0.05, 0.1) is 23.7 Å². The van der Waals surface area contributed by atoms with Crippen molar-refractivity contribution < 1.29 is 41.0 Å². The molecular formula is C22H20F6N2O3. The van der Waals surface area contributed by atoms with Gasteiger partial charge in [0.2, 0.25) is 5.91 Å². The van der Waals surface area contributed by atoms with E-state index in [0.717, 1.165) is 0 Å². The predicted molar refractivity (Wildman–Crippen MR) is 106 cm³/mol. The van der Waals surface area contributed by atoms with Crippen LogP contribution in [0.4, 0.5) is 32.0 Å². The molecule has 5 nitrogen and oxygen atoms in total. The molecule has 1 heterocycles. The van der Waals surface area contributed by atoms with E-state index in [0.29, 0.717) is 43.6 Å². The first-order valence-electron chi connectivity index (χ1n) is 9.98. The first-order valence-corrected chi connectivity index (χ1v) is 9.98. The Morgan fingerprint density at radius 1 is 0.909 bits per heavy atom. The lowest BCUT2D eigenvalue weighted by molar-refractivity contribution is -0.143. The molecule has 2 amide bonds. The molecule has 1 fully saturated rings. The van der Waals surface area contributed by atoms with Crippen molar-refractivity contribution in [2.24, 2.45) is 0 Å². The Kier molecular flexibility index (Phi) is 7.01. The van der Waals surface area contributed by atoms with Crippen molar-refractivity contribution in [3.05, 3.63) is 64.7 Å². The van der Waals surface area contributed by atoms with E-state index in [1.165, 1.54) is 24.3 Å². The Hall–Kier alpha value is -3.08. The van der Waals surface area contributed by atoms with Gasteiger partial charge in [-0.05, 0) is 48.7 Å². The second-order valence-electron chi connectivity index (χ2n) is 7.73. The zero-order valence-corrected chi connectivity index (χ0v) is 17.1. The van der Waals surface area contributed by atoms with Gasteiger partial charge < -0.3 is 15.3 Å². The maximum atomic E-state index is 13.0. The fraction of sp³-hybridized carbons (Fsp3) is 0.364. The van der Waals surface area contributed by atoms with Gasteiger partial charge in [0, 0.05) is 24.3 Å². The Labute approximate surface area is 185 Å². The van der Waals surface area contributed by atoms with Crippen LogP contribution in [-0.4, -0.2) is 41.0 Å². The summed E-state index contributed by atoms with van der Waals surface area (Å²) in [5.41, 5.74) is -3.20. The number of halogens is 6. The number of nitrogens with one attached hydrogen (secondary N) is 1. The first-order chi connectivity index (χ1) is 15.3. The van der Waals surface area contributed by atoms with Crippen molar-refractivity contribution in [3.8, 4) is 0 Å². The third-order valence-corrected chi connectivity index (χ3v) is 5.23. The van der Waals surface area contributed by atoms with Gasteiger partial charge in [-0.1, -0.05) is 12.1 Å². The van der Waals surface area contributed by atoms with Crippen LogP contribution in [0.2, 0.25) is 0 Å². The van der Waals surface area contributed by atoms with Gasteiger partial charge in [-0.25, -0.2) is 0 Å². The maximum absolute atomic E-state index is 13.0. The van der Waals surface area contributed by atoms with Gasteiger partial charge in [-0.2, -0.15) is 26.3 Å². The molecule has 0 aliphatic carbocycles. The van der Waals surface area contributed by atoms with E-state index in [1.54, 1.807) is 4.90 Å². The van der Waals surface area contributed by atoms with Gasteiger partial charge in [0.15, 0.2) is 0 Å². The number of hydrogen-bond donors (Lipinski definition) is 2. The predicted octanol–water partition coefficient (Wildman–Crippen LogP) is 4.50. The number of anilines is 1. The van der Waals surface area contributed by atoms with Crippen LogP contribution in [0.25, 0.3) is 0 Å². The molecule has 1 aliphatic rings. The molecule has 11 heteroatoms. The highest BCUT2D eigenvalue weighted by Gasteiger charge is 2.37. The SMILES string of the molecule is O=C(Nc1ccc(CC(=O)N2CCC(O)CC2)cc1)c1cc(C(F)(F)F)cc(C(F)(F)F)c1. The summed E-state index contributed by atoms with van der Waals surface area (Å²) in [6, 6.07) is 6.52. The number of carbonyl (C=O) groups is 2. The number of benzene rings is 2. The van der Waals surface area contributed by atoms with Crippen molar-refractivity contribution in [2.45, 2.75) is 37.7 Å². The highest BCUT2D eigenvalue weighted by molar-refractivity contribution is 6.04. The third-order valence-electron chi connectivity index (χ3n) is 5.23. The number of amides is 2. The number of hydrogen-bond acceptors (Lipinski definition) is 3. The van der Waals surface area contributed by atoms with E-state index in [2.05, 4.69) is 5.32 Å². The summed E-state index contributed by atoms with van der Waals surface area (Å²) >= 11 is 0. The molecule has 3 rings (SSSR count). The van der Waals surface area contributed by atoms with Crippen molar-refractivity contribution in [2.75, 3.05) is 18.4 Å². The van der Waals surface area contributed by atoms with Crippen LogP contribution < -0.4 is 5.32 Å². The largest absolute Gasteiger partial charge is 0.416 e. The molecule has 0 aromatic heterocycles. The molecule has 1 aliphatic heterocycles. The minimum Gasteiger partial charge on any atom is -0.393 e. The molecule has 0 bridgehead atoms. The van der Waals surface area contributed by atoms with Gasteiger partial charge in [0.25, 0.3) is 5.91 Å². The normalized spacial score (nSPS) is 15.4. The lowest BCUT2D eigenvalue weighted by Gasteiger charge is -2.29. The molecule has 1 saturated heterocycles. The maximum Gasteiger partial charge on any atom is 0.416 e. The Morgan fingerprint density at radius 2 is 1.42 bits per heavy atom. The molecule has 0 radical (unpaired) electrons. The number of nitrogens with zero attached hydrogens (tertiary/aromatic N) is 1. The number of rotatable bonds is 4. The summed E-state index contributed by atoms with van der Waals surface area (Å²) in [5, 5.41) is 11.8. The van der Waals surface area contributed by atoms with E-state index < -0.39 is 41.1 Å². The Morgan fingerprint density at radius 3 is 1.91 bits per heavy atom. The van der Waals surface area contributed by atoms with Gasteiger partial charge in [-0.15, -0.1) is 0 Å². The molecule has 0 unspecified atom stereocenters. The fourth-order valence-electron chi connectivity index (χ4n) is 3.40. The number of aliphatic hydroxyl groups is 1. The highest BCUT2D eigenvalue weighted by Crippen LogP contribution is 2.36. The lowest BCUT2D eigenvalue weighted by atomic mass is 10.0. The molecule has 2 aromatic carbocycles. The van der Waals surface area contributed by atoms with Gasteiger partial charge in [0.1, 0.15) is 0 Å². The standard InChI is InChI=1S/C22H20F6N2O3/c23-21(24,25)15-10-14(11-16(12-15)22(26,27)28)20(33)29-17-3-1-13(2-4-17)9-19(32)30-7-5-18(31)6-8-30/h1-4,10-12,18,31H,5-9H2,(H,29,33). The Balaban J connectivity index is 1.70. The lowest BCUT2D eigenvalue weighted by Crippen LogP contribution is -2.40. The monoisotopic (exact) mass is 474 g/mol. The molecule has 0 spiro atoms. The third kappa shape index (κ3) is 6.47. The van der Waals surface area contributed by atoms with Crippen LogP contribution >= 0.6 is 0 Å². The van der Waals surface area contributed by atoms with Gasteiger partial charge >= 0.3 is 12.4 Å². The topological polar surface area (TPSA) is 69.6 Å². The van der Waals surface area contributed by atoms with Crippen LogP contribution in [0.3, 0.4) is 0 Å². The highest BCUT2D eigenvalue weighted by atomic mass is 19.4. The summed E-state index contributed by atoms with van der Waals surface area (Å²) in [6.45, 7) is 0.899. The summed E-state index contributed by atoms with van der Waals surface area (Å²) in [6.07, 6.45) is -9.45. The van der Waals surface area contributed by atoms with Crippen molar-refractivity contribution in [3.63, 3.8) is 0 Å². The van der Waals surface area contributed by atoms with Crippen molar-refractivity contribution >= 4 is 17.5 Å². The molecular weight excluding hydrogens is 454 g/mol. The second kappa shape index (κ2) is 9.42.